The zero-order valence-electron chi connectivity index (χ0n) is 22.2. The third-order valence-corrected chi connectivity index (χ3v) is 7.95. The number of aromatic nitrogens is 2. The standard InChI is InChI=1S/C29H32N6O5/c30-27(38)25(6-7-26(36)37)35-16-20-13-21(3-4-23(20)28(35)39)40-22-8-11-33(17-22)15-18-2-5-24-19(12-18)14-31-29(32-24)34-9-1-10-34/h2-5,12-14,22,25H,1,6-11,15-17H2,(H2,30,38)(H,36,37). The molecule has 3 N–H and O–H groups in total. The van der Waals surface area contributed by atoms with Crippen molar-refractivity contribution >= 4 is 34.6 Å². The van der Waals surface area contributed by atoms with Gasteiger partial charge in [0.1, 0.15) is 17.9 Å². The van der Waals surface area contributed by atoms with Crippen molar-refractivity contribution in [3.63, 3.8) is 0 Å². The Balaban J connectivity index is 1.06. The van der Waals surface area contributed by atoms with Crippen LogP contribution >= 0.6 is 0 Å². The minimum atomic E-state index is -1.04. The van der Waals surface area contributed by atoms with Crippen molar-refractivity contribution in [2.45, 2.75) is 50.9 Å². The van der Waals surface area contributed by atoms with Gasteiger partial charge in [-0.1, -0.05) is 6.07 Å². The molecule has 11 nitrogen and oxygen atoms in total. The fourth-order valence-electron chi connectivity index (χ4n) is 5.68. The van der Waals surface area contributed by atoms with Crippen LogP contribution in [0, 0.1) is 0 Å². The van der Waals surface area contributed by atoms with Crippen molar-refractivity contribution < 1.29 is 24.2 Å². The Kier molecular flexibility index (Phi) is 6.97. The quantitative estimate of drug-likeness (QED) is 0.393. The number of carbonyl (C=O) groups excluding carboxylic acids is 2. The van der Waals surface area contributed by atoms with Gasteiger partial charge in [-0.2, -0.15) is 0 Å². The maximum absolute atomic E-state index is 12.9. The maximum Gasteiger partial charge on any atom is 0.303 e. The summed E-state index contributed by atoms with van der Waals surface area (Å²) in [5.41, 5.74) is 8.89. The van der Waals surface area contributed by atoms with E-state index in [-0.39, 0.29) is 31.4 Å². The molecule has 3 aromatic rings. The number of fused-ring (bicyclic) bond motifs is 2. The number of nitrogens with two attached hydrogens (primary N) is 1. The fraction of sp³-hybridized carbons (Fsp3) is 0.414. The van der Waals surface area contributed by atoms with Crippen molar-refractivity contribution in [3.8, 4) is 5.75 Å². The first-order valence-corrected chi connectivity index (χ1v) is 13.7. The highest BCUT2D eigenvalue weighted by Gasteiger charge is 2.36. The molecule has 2 unspecified atom stereocenters. The number of carboxylic acids is 1. The van der Waals surface area contributed by atoms with Gasteiger partial charge in [-0.15, -0.1) is 0 Å². The van der Waals surface area contributed by atoms with Crippen LogP contribution in [0.1, 0.15) is 47.2 Å². The average Bonchev–Trinajstić information content (AvgIpc) is 3.46. The van der Waals surface area contributed by atoms with E-state index in [4.69, 9.17) is 20.6 Å². The van der Waals surface area contributed by atoms with Gasteiger partial charge in [-0.25, -0.2) is 9.97 Å². The topological polar surface area (TPSA) is 142 Å². The van der Waals surface area contributed by atoms with Gasteiger partial charge in [0, 0.05) is 62.8 Å². The van der Waals surface area contributed by atoms with Gasteiger partial charge in [0.25, 0.3) is 5.91 Å². The van der Waals surface area contributed by atoms with Crippen molar-refractivity contribution in [2.75, 3.05) is 31.1 Å². The van der Waals surface area contributed by atoms with Crippen LogP contribution in [-0.2, 0) is 22.7 Å². The number of ether oxygens (including phenoxy) is 1. The fourth-order valence-corrected chi connectivity index (χ4v) is 5.68. The molecule has 2 amide bonds. The number of hydrogen-bond donors (Lipinski definition) is 2. The van der Waals surface area contributed by atoms with Crippen LogP contribution in [0.2, 0.25) is 0 Å². The molecule has 0 radical (unpaired) electrons. The Morgan fingerprint density at radius 3 is 2.75 bits per heavy atom. The van der Waals surface area contributed by atoms with Gasteiger partial charge < -0.3 is 25.4 Å². The molecule has 208 valence electrons. The number of amides is 2. The van der Waals surface area contributed by atoms with Gasteiger partial charge in [-0.05, 0) is 60.7 Å². The summed E-state index contributed by atoms with van der Waals surface area (Å²) in [6.45, 7) is 4.74. The number of carboxylic acid groups (broad SMARTS) is 1. The second kappa shape index (κ2) is 10.7. The summed E-state index contributed by atoms with van der Waals surface area (Å²) in [7, 11) is 0. The Hall–Kier alpha value is -4.25. The third kappa shape index (κ3) is 5.29. The minimum absolute atomic E-state index is 0.0167. The summed E-state index contributed by atoms with van der Waals surface area (Å²) in [5.74, 6) is -0.592. The number of rotatable bonds is 10. The Morgan fingerprint density at radius 2 is 2.00 bits per heavy atom. The molecule has 3 aliphatic rings. The number of nitrogens with zero attached hydrogens (tertiary/aromatic N) is 5. The normalized spacial score (nSPS) is 19.5. The van der Waals surface area contributed by atoms with Crippen LogP contribution in [0.25, 0.3) is 10.9 Å². The van der Waals surface area contributed by atoms with E-state index in [9.17, 15) is 14.4 Å². The minimum Gasteiger partial charge on any atom is -0.489 e. The molecule has 0 spiro atoms. The number of likely N-dealkylation sites (tertiary alicyclic amines) is 1. The molecule has 11 heteroatoms. The Bertz CT molecular complexity index is 1470. The maximum atomic E-state index is 12.9. The van der Waals surface area contributed by atoms with Crippen LogP contribution in [0.5, 0.6) is 5.75 Å². The number of benzene rings is 2. The van der Waals surface area contributed by atoms with Crippen molar-refractivity contribution in [2.24, 2.45) is 5.73 Å². The summed E-state index contributed by atoms with van der Waals surface area (Å²) in [6, 6.07) is 10.7. The molecule has 2 atom stereocenters. The molecule has 2 saturated heterocycles. The number of carbonyl (C=O) groups is 3. The molecular weight excluding hydrogens is 512 g/mol. The second-order valence-corrected chi connectivity index (χ2v) is 10.8. The highest BCUT2D eigenvalue weighted by molar-refractivity contribution is 6.01. The van der Waals surface area contributed by atoms with Crippen LogP contribution in [0.4, 0.5) is 5.95 Å². The smallest absolute Gasteiger partial charge is 0.303 e. The molecule has 6 rings (SSSR count). The van der Waals surface area contributed by atoms with E-state index in [0.717, 1.165) is 61.6 Å². The van der Waals surface area contributed by atoms with Crippen LogP contribution < -0.4 is 15.4 Å². The van der Waals surface area contributed by atoms with Crippen LogP contribution in [-0.4, -0.2) is 81.0 Å². The first-order chi connectivity index (χ1) is 19.3. The molecular formula is C29H32N6O5. The van der Waals surface area contributed by atoms with E-state index in [2.05, 4.69) is 33.0 Å². The van der Waals surface area contributed by atoms with Gasteiger partial charge in [0.05, 0.1) is 5.52 Å². The van der Waals surface area contributed by atoms with Crippen molar-refractivity contribution in [1.82, 2.24) is 19.8 Å². The first-order valence-electron chi connectivity index (χ1n) is 13.7. The lowest BCUT2D eigenvalue weighted by Gasteiger charge is -2.30. The van der Waals surface area contributed by atoms with Crippen LogP contribution in [0.3, 0.4) is 0 Å². The summed E-state index contributed by atoms with van der Waals surface area (Å²) in [5, 5.41) is 10.0. The lowest BCUT2D eigenvalue weighted by molar-refractivity contribution is -0.137. The number of anilines is 1. The van der Waals surface area contributed by atoms with Gasteiger partial charge >= 0.3 is 5.97 Å². The third-order valence-electron chi connectivity index (χ3n) is 7.95. The summed E-state index contributed by atoms with van der Waals surface area (Å²) in [6.07, 6.45) is 3.74. The van der Waals surface area contributed by atoms with E-state index in [1.54, 1.807) is 12.1 Å². The summed E-state index contributed by atoms with van der Waals surface area (Å²) < 4.78 is 6.28. The predicted octanol–water partition coefficient (Wildman–Crippen LogP) is 2.17. The van der Waals surface area contributed by atoms with E-state index >= 15 is 0 Å². The molecule has 0 aliphatic carbocycles. The highest BCUT2D eigenvalue weighted by Crippen LogP contribution is 2.31. The predicted molar refractivity (Wildman–Crippen MR) is 147 cm³/mol. The zero-order valence-corrected chi connectivity index (χ0v) is 22.2. The second-order valence-electron chi connectivity index (χ2n) is 10.8. The monoisotopic (exact) mass is 544 g/mol. The lowest BCUT2D eigenvalue weighted by atomic mass is 10.1. The SMILES string of the molecule is NC(=O)C(CCC(=O)O)N1Cc2cc(OC3CCN(Cc4ccc5nc(N6CCC6)ncc5c4)C3)ccc2C1=O. The van der Waals surface area contributed by atoms with E-state index in [1.165, 1.54) is 16.9 Å². The molecule has 4 heterocycles. The molecule has 1 aromatic heterocycles. The van der Waals surface area contributed by atoms with Crippen LogP contribution in [0.15, 0.2) is 42.6 Å². The lowest BCUT2D eigenvalue weighted by Crippen LogP contribution is -2.45. The largest absolute Gasteiger partial charge is 0.489 e. The zero-order chi connectivity index (χ0) is 27.8. The van der Waals surface area contributed by atoms with Crippen molar-refractivity contribution in [3.05, 3.63) is 59.3 Å². The average molecular weight is 545 g/mol. The molecule has 0 bridgehead atoms. The number of primary amides is 1. The van der Waals surface area contributed by atoms with E-state index < -0.39 is 17.9 Å². The molecule has 40 heavy (non-hydrogen) atoms. The van der Waals surface area contributed by atoms with E-state index in [1.807, 2.05) is 12.3 Å². The molecule has 2 fully saturated rings. The van der Waals surface area contributed by atoms with Gasteiger partial charge in [0.2, 0.25) is 11.9 Å². The first kappa shape index (κ1) is 26.0. The number of aliphatic carboxylic acids is 1. The van der Waals surface area contributed by atoms with Gasteiger partial charge in [-0.3, -0.25) is 19.3 Å². The van der Waals surface area contributed by atoms with Gasteiger partial charge in [0.15, 0.2) is 0 Å². The highest BCUT2D eigenvalue weighted by atomic mass is 16.5. The molecule has 3 aliphatic heterocycles. The molecule has 2 aromatic carbocycles. The van der Waals surface area contributed by atoms with E-state index in [0.29, 0.717) is 11.3 Å². The Labute approximate surface area is 231 Å². The Morgan fingerprint density at radius 1 is 1.15 bits per heavy atom. The number of hydrogen-bond acceptors (Lipinski definition) is 8. The van der Waals surface area contributed by atoms with Crippen molar-refractivity contribution in [1.29, 1.82) is 0 Å². The summed E-state index contributed by atoms with van der Waals surface area (Å²) >= 11 is 0. The molecule has 0 saturated carbocycles. The summed E-state index contributed by atoms with van der Waals surface area (Å²) in [4.78, 5) is 51.0.